The maximum absolute atomic E-state index is 12.6. The molecule has 0 N–H and O–H groups in total. The Morgan fingerprint density at radius 3 is 2.06 bits per heavy atom. The van der Waals surface area contributed by atoms with E-state index < -0.39 is 11.7 Å². The van der Waals surface area contributed by atoms with Crippen LogP contribution in [0.15, 0.2) is 35.0 Å². The largest absolute Gasteiger partial charge is 0.490 e. The highest BCUT2D eigenvalue weighted by Gasteiger charge is 2.31. The van der Waals surface area contributed by atoms with Gasteiger partial charge in [-0.2, -0.15) is 13.2 Å². The Hall–Kier alpha value is -1.25. The second-order valence-electron chi connectivity index (χ2n) is 5.93. The van der Waals surface area contributed by atoms with Crippen LogP contribution in [0.1, 0.15) is 18.4 Å². The van der Waals surface area contributed by atoms with Gasteiger partial charge in [0.05, 0.1) is 28.8 Å². The number of hydrogen-bond acceptors (Lipinski definition) is 4. The topological polar surface area (TPSA) is 40.6 Å². The van der Waals surface area contributed by atoms with Crippen molar-refractivity contribution in [1.82, 2.24) is 4.98 Å². The summed E-state index contributed by atoms with van der Waals surface area (Å²) < 4.78 is 54.2. The van der Waals surface area contributed by atoms with Gasteiger partial charge in [0.25, 0.3) is 0 Å². The summed E-state index contributed by atoms with van der Waals surface area (Å²) in [5, 5.41) is 0.316. The fraction of sp³-hybridized carbons (Fsp3) is 0.316. The van der Waals surface area contributed by atoms with Crippen LogP contribution in [0, 0.1) is 0 Å². The van der Waals surface area contributed by atoms with Crippen molar-refractivity contribution in [1.29, 1.82) is 0 Å². The van der Waals surface area contributed by atoms with Crippen LogP contribution in [0.2, 0.25) is 15.1 Å². The number of benzene rings is 1. The summed E-state index contributed by atoms with van der Waals surface area (Å²) in [4.78, 5) is 3.60. The molecule has 0 atom stereocenters. The molecule has 1 aromatic carbocycles. The monoisotopic (exact) mass is 537 g/mol. The van der Waals surface area contributed by atoms with E-state index in [1.165, 1.54) is 6.08 Å². The van der Waals surface area contributed by atoms with Gasteiger partial charge in [-0.25, -0.2) is 4.98 Å². The van der Waals surface area contributed by atoms with Crippen molar-refractivity contribution < 1.29 is 27.4 Å². The summed E-state index contributed by atoms with van der Waals surface area (Å²) >= 11 is 29.1. The van der Waals surface area contributed by atoms with Crippen LogP contribution in [0.4, 0.5) is 13.2 Å². The van der Waals surface area contributed by atoms with Gasteiger partial charge >= 0.3 is 6.18 Å². The van der Waals surface area contributed by atoms with Gasteiger partial charge in [0.1, 0.15) is 21.9 Å². The van der Waals surface area contributed by atoms with Gasteiger partial charge in [-0.05, 0) is 25.0 Å². The summed E-state index contributed by atoms with van der Waals surface area (Å²) in [6.45, 7) is 0.612. The Bertz CT molecular complexity index is 898. The average Bonchev–Trinajstić information content (AvgIpc) is 2.66. The van der Waals surface area contributed by atoms with Crippen LogP contribution in [0.5, 0.6) is 17.4 Å². The molecule has 0 saturated carbocycles. The summed E-state index contributed by atoms with van der Waals surface area (Å²) in [5.41, 5.74) is -0.942. The molecule has 2 aromatic rings. The van der Waals surface area contributed by atoms with Crippen LogP contribution >= 0.6 is 58.0 Å². The maximum Gasteiger partial charge on any atom is 0.417 e. The van der Waals surface area contributed by atoms with Crippen LogP contribution < -0.4 is 14.2 Å². The lowest BCUT2D eigenvalue weighted by Gasteiger charge is -2.13. The third-order valence-corrected chi connectivity index (χ3v) is 4.76. The summed E-state index contributed by atoms with van der Waals surface area (Å²) in [6.07, 6.45) is -1.30. The molecule has 0 unspecified atom stereocenters. The number of aromatic nitrogens is 1. The molecular weight excluding hydrogens is 524 g/mol. The Morgan fingerprint density at radius 2 is 1.52 bits per heavy atom. The van der Waals surface area contributed by atoms with Crippen molar-refractivity contribution in [2.45, 2.75) is 19.0 Å². The Kier molecular flexibility index (Phi) is 10.2. The number of pyridine rings is 1. The zero-order chi connectivity index (χ0) is 23.0. The van der Waals surface area contributed by atoms with E-state index in [9.17, 15) is 13.2 Å². The molecule has 0 aliphatic carbocycles. The van der Waals surface area contributed by atoms with E-state index in [1.807, 2.05) is 0 Å². The van der Waals surface area contributed by atoms with Crippen molar-refractivity contribution in [2.75, 3.05) is 19.8 Å². The molecule has 170 valence electrons. The summed E-state index contributed by atoms with van der Waals surface area (Å²) in [6, 6.07) is 3.85. The molecule has 0 spiro atoms. The summed E-state index contributed by atoms with van der Waals surface area (Å²) in [7, 11) is 0. The van der Waals surface area contributed by atoms with E-state index in [0.29, 0.717) is 30.5 Å². The van der Waals surface area contributed by atoms with Gasteiger partial charge < -0.3 is 14.2 Å². The third-order valence-electron chi connectivity index (χ3n) is 3.62. The second-order valence-corrected chi connectivity index (χ2v) is 8.16. The Labute approximate surface area is 201 Å². The molecule has 1 heterocycles. The van der Waals surface area contributed by atoms with E-state index in [0.717, 1.165) is 6.07 Å². The molecular formula is C19H15Cl5F3NO3. The van der Waals surface area contributed by atoms with Gasteiger partial charge in [0.2, 0.25) is 5.88 Å². The zero-order valence-corrected chi connectivity index (χ0v) is 19.4. The molecule has 2 rings (SSSR count). The Balaban J connectivity index is 1.77. The number of alkyl halides is 3. The van der Waals surface area contributed by atoms with E-state index in [-0.39, 0.29) is 45.3 Å². The SMILES string of the molecule is FC(F)(F)c1cnc(OCCCCOc2c(Cl)cc(OCC=C(Cl)Cl)cc2Cl)c(Cl)c1. The minimum Gasteiger partial charge on any atom is -0.490 e. The highest BCUT2D eigenvalue weighted by atomic mass is 35.5. The Morgan fingerprint density at radius 1 is 0.903 bits per heavy atom. The summed E-state index contributed by atoms with van der Waals surface area (Å²) in [5.74, 6) is 0.653. The third kappa shape index (κ3) is 8.66. The first-order chi connectivity index (χ1) is 14.6. The lowest BCUT2D eigenvalue weighted by molar-refractivity contribution is -0.137. The number of halogens is 8. The number of nitrogens with zero attached hydrogens (tertiary/aromatic N) is 1. The van der Waals surface area contributed by atoms with Gasteiger partial charge in [-0.1, -0.05) is 58.0 Å². The van der Waals surface area contributed by atoms with Gasteiger partial charge in [-0.15, -0.1) is 0 Å². The van der Waals surface area contributed by atoms with Gasteiger partial charge in [-0.3, -0.25) is 0 Å². The molecule has 31 heavy (non-hydrogen) atoms. The highest BCUT2D eigenvalue weighted by Crippen LogP contribution is 2.37. The average molecular weight is 540 g/mol. The minimum atomic E-state index is -4.52. The molecule has 0 aliphatic heterocycles. The smallest absolute Gasteiger partial charge is 0.417 e. The maximum atomic E-state index is 12.6. The van der Waals surface area contributed by atoms with Gasteiger partial charge in [0.15, 0.2) is 5.75 Å². The fourth-order valence-corrected chi connectivity index (χ4v) is 3.12. The van der Waals surface area contributed by atoms with E-state index in [2.05, 4.69) is 4.98 Å². The van der Waals surface area contributed by atoms with Crippen LogP contribution in [0.25, 0.3) is 0 Å². The van der Waals surface area contributed by atoms with Crippen molar-refractivity contribution in [2.24, 2.45) is 0 Å². The van der Waals surface area contributed by atoms with Crippen LogP contribution in [-0.4, -0.2) is 24.8 Å². The molecule has 4 nitrogen and oxygen atoms in total. The van der Waals surface area contributed by atoms with Crippen molar-refractivity contribution in [3.8, 4) is 17.4 Å². The number of unbranched alkanes of at least 4 members (excludes halogenated alkanes) is 1. The quantitative estimate of drug-likeness (QED) is 0.287. The van der Waals surface area contributed by atoms with E-state index in [4.69, 9.17) is 72.2 Å². The molecule has 0 amide bonds. The molecule has 1 aromatic heterocycles. The van der Waals surface area contributed by atoms with Crippen LogP contribution in [0.3, 0.4) is 0 Å². The van der Waals surface area contributed by atoms with Crippen molar-refractivity contribution in [3.05, 3.63) is 55.6 Å². The number of ether oxygens (including phenoxy) is 3. The lowest BCUT2D eigenvalue weighted by Crippen LogP contribution is -2.07. The number of rotatable bonds is 10. The van der Waals surface area contributed by atoms with E-state index >= 15 is 0 Å². The molecule has 0 fully saturated rings. The zero-order valence-electron chi connectivity index (χ0n) is 15.6. The molecule has 0 saturated heterocycles. The predicted molar refractivity (Wildman–Crippen MR) is 116 cm³/mol. The first-order valence-corrected chi connectivity index (χ1v) is 10.6. The van der Waals surface area contributed by atoms with Crippen molar-refractivity contribution in [3.63, 3.8) is 0 Å². The molecule has 12 heteroatoms. The van der Waals surface area contributed by atoms with Crippen LogP contribution in [-0.2, 0) is 6.18 Å². The molecule has 0 bridgehead atoms. The second kappa shape index (κ2) is 12.1. The van der Waals surface area contributed by atoms with Crippen molar-refractivity contribution >= 4 is 58.0 Å². The standard InChI is InChI=1S/C19H15Cl5F3NO3/c20-13-8-12(29-6-3-16(23)24)9-14(21)17(13)30-4-1-2-5-31-18-15(22)7-11(10-28-18)19(25,26)27/h3,7-10H,1-2,4-6H2. The van der Waals surface area contributed by atoms with Gasteiger partial charge in [0, 0.05) is 18.3 Å². The fourth-order valence-electron chi connectivity index (χ4n) is 2.19. The number of hydrogen-bond donors (Lipinski definition) is 0. The lowest BCUT2D eigenvalue weighted by atomic mass is 10.3. The highest BCUT2D eigenvalue weighted by molar-refractivity contribution is 6.55. The predicted octanol–water partition coefficient (Wildman–Crippen LogP) is 8.00. The first kappa shape index (κ1) is 26.0. The molecule has 0 radical (unpaired) electrons. The van der Waals surface area contributed by atoms with E-state index in [1.54, 1.807) is 12.1 Å². The molecule has 0 aliphatic rings. The normalized spacial score (nSPS) is 11.2. The first-order valence-electron chi connectivity index (χ1n) is 8.69. The minimum absolute atomic E-state index is 0.0671.